The highest BCUT2D eigenvalue weighted by Gasteiger charge is 2.13. The lowest BCUT2D eigenvalue weighted by molar-refractivity contribution is 1.07. The second-order valence-electron chi connectivity index (χ2n) is 2.56. The summed E-state index contributed by atoms with van der Waals surface area (Å²) in [5, 5.41) is 0. The van der Waals surface area contributed by atoms with E-state index < -0.39 is 0 Å². The van der Waals surface area contributed by atoms with E-state index in [-0.39, 0.29) is 5.56 Å². The van der Waals surface area contributed by atoms with Gasteiger partial charge in [0.1, 0.15) is 0 Å². The first-order valence-electron chi connectivity index (χ1n) is 3.68. The van der Waals surface area contributed by atoms with Gasteiger partial charge in [-0.1, -0.05) is 6.07 Å². The maximum absolute atomic E-state index is 10.2. The zero-order chi connectivity index (χ0) is 8.10. The normalized spacial score (nSPS) is 15.0. The van der Waals surface area contributed by atoms with E-state index in [9.17, 15) is 4.79 Å². The summed E-state index contributed by atoms with van der Waals surface area (Å²) in [6.07, 6.45) is 4.13. The molecule has 0 amide bonds. The SMILES string of the molecule is NC1CC1.O=c1cccc[nH]1. The number of aromatic nitrogens is 1. The molecule has 1 aliphatic rings. The molecule has 0 aliphatic heterocycles. The molecule has 0 saturated heterocycles. The number of nitrogens with one attached hydrogen (secondary N) is 1. The van der Waals surface area contributed by atoms with Crippen LogP contribution in [-0.4, -0.2) is 11.0 Å². The van der Waals surface area contributed by atoms with Crippen molar-refractivity contribution in [1.82, 2.24) is 4.98 Å². The van der Waals surface area contributed by atoms with Gasteiger partial charge in [0.25, 0.3) is 0 Å². The van der Waals surface area contributed by atoms with Crippen LogP contribution in [0.2, 0.25) is 0 Å². The van der Waals surface area contributed by atoms with Crippen molar-refractivity contribution in [2.24, 2.45) is 5.73 Å². The zero-order valence-corrected chi connectivity index (χ0v) is 6.29. The van der Waals surface area contributed by atoms with E-state index in [1.165, 1.54) is 18.9 Å². The summed E-state index contributed by atoms with van der Waals surface area (Å²) >= 11 is 0. The fourth-order valence-electron chi connectivity index (χ4n) is 0.473. The first-order valence-corrected chi connectivity index (χ1v) is 3.68. The van der Waals surface area contributed by atoms with E-state index >= 15 is 0 Å². The molecule has 0 bridgehead atoms. The van der Waals surface area contributed by atoms with Gasteiger partial charge in [-0.15, -0.1) is 0 Å². The molecule has 3 heteroatoms. The number of H-pyrrole nitrogens is 1. The fraction of sp³-hybridized carbons (Fsp3) is 0.375. The van der Waals surface area contributed by atoms with E-state index in [2.05, 4.69) is 4.98 Å². The van der Waals surface area contributed by atoms with Gasteiger partial charge in [0.2, 0.25) is 5.56 Å². The maximum Gasteiger partial charge on any atom is 0.247 e. The second-order valence-corrected chi connectivity index (χ2v) is 2.56. The van der Waals surface area contributed by atoms with Gasteiger partial charge >= 0.3 is 0 Å². The number of hydrogen-bond acceptors (Lipinski definition) is 2. The molecule has 60 valence electrons. The van der Waals surface area contributed by atoms with Crippen molar-refractivity contribution < 1.29 is 0 Å². The number of aromatic amines is 1. The van der Waals surface area contributed by atoms with Gasteiger partial charge in [-0.25, -0.2) is 0 Å². The predicted octanol–water partition coefficient (Wildman–Crippen LogP) is 0.482. The van der Waals surface area contributed by atoms with Crippen LogP contribution in [0.25, 0.3) is 0 Å². The molecular weight excluding hydrogens is 140 g/mol. The van der Waals surface area contributed by atoms with Gasteiger partial charge in [-0.2, -0.15) is 0 Å². The molecule has 1 saturated carbocycles. The molecule has 1 aromatic heterocycles. The molecule has 2 rings (SSSR count). The van der Waals surface area contributed by atoms with Crippen molar-refractivity contribution in [1.29, 1.82) is 0 Å². The van der Waals surface area contributed by atoms with E-state index in [1.807, 2.05) is 0 Å². The van der Waals surface area contributed by atoms with Gasteiger partial charge < -0.3 is 10.7 Å². The molecule has 0 atom stereocenters. The molecule has 3 nitrogen and oxygen atoms in total. The minimum Gasteiger partial charge on any atom is -0.329 e. The average Bonchev–Trinajstić information content (AvgIpc) is 2.75. The van der Waals surface area contributed by atoms with E-state index in [0.717, 1.165) is 0 Å². The summed E-state index contributed by atoms with van der Waals surface area (Å²) in [6.45, 7) is 0. The summed E-state index contributed by atoms with van der Waals surface area (Å²) in [7, 11) is 0. The molecule has 11 heavy (non-hydrogen) atoms. The molecule has 0 radical (unpaired) electrons. The Balaban J connectivity index is 0.000000128. The predicted molar refractivity (Wildman–Crippen MR) is 44.3 cm³/mol. The molecule has 1 fully saturated rings. The smallest absolute Gasteiger partial charge is 0.247 e. The van der Waals surface area contributed by atoms with Crippen molar-refractivity contribution in [2.45, 2.75) is 18.9 Å². The standard InChI is InChI=1S/C5H5NO.C3H7N/c7-5-3-1-2-4-6-5;4-3-1-2-3/h1-4H,(H,6,7);3H,1-2,4H2. The number of nitrogens with two attached hydrogens (primary N) is 1. The second kappa shape index (κ2) is 3.93. The number of hydrogen-bond donors (Lipinski definition) is 2. The van der Waals surface area contributed by atoms with Crippen molar-refractivity contribution >= 4 is 0 Å². The first kappa shape index (κ1) is 8.01. The van der Waals surface area contributed by atoms with Crippen molar-refractivity contribution in [3.8, 4) is 0 Å². The van der Waals surface area contributed by atoms with Crippen molar-refractivity contribution in [2.75, 3.05) is 0 Å². The monoisotopic (exact) mass is 152 g/mol. The van der Waals surface area contributed by atoms with Gasteiger partial charge in [0, 0.05) is 18.3 Å². The Bertz CT molecular complexity index is 235. The van der Waals surface area contributed by atoms with Crippen molar-refractivity contribution in [3.05, 3.63) is 34.7 Å². The van der Waals surface area contributed by atoms with Gasteiger partial charge in [0.15, 0.2) is 0 Å². The Morgan fingerprint density at radius 3 is 2.27 bits per heavy atom. The summed E-state index contributed by atoms with van der Waals surface area (Å²) in [4.78, 5) is 12.7. The maximum atomic E-state index is 10.2. The van der Waals surface area contributed by atoms with Gasteiger partial charge in [0.05, 0.1) is 0 Å². The Labute approximate surface area is 65.2 Å². The summed E-state index contributed by atoms with van der Waals surface area (Å²) in [6, 6.07) is 5.51. The van der Waals surface area contributed by atoms with Crippen molar-refractivity contribution in [3.63, 3.8) is 0 Å². The lowest BCUT2D eigenvalue weighted by atomic mass is 10.5. The Morgan fingerprint density at radius 2 is 2.09 bits per heavy atom. The van der Waals surface area contributed by atoms with Crippen LogP contribution in [0.1, 0.15) is 12.8 Å². The van der Waals surface area contributed by atoms with E-state index in [0.29, 0.717) is 6.04 Å². The molecule has 1 heterocycles. The number of rotatable bonds is 0. The molecule has 0 unspecified atom stereocenters. The van der Waals surface area contributed by atoms with Crippen LogP contribution >= 0.6 is 0 Å². The summed E-state index contributed by atoms with van der Waals surface area (Å²) in [5.41, 5.74) is 5.17. The summed E-state index contributed by atoms with van der Waals surface area (Å²) < 4.78 is 0. The third kappa shape index (κ3) is 4.33. The van der Waals surface area contributed by atoms with Crippen LogP contribution in [0.15, 0.2) is 29.2 Å². The Kier molecular flexibility index (Phi) is 2.86. The highest BCUT2D eigenvalue weighted by Crippen LogP contribution is 2.13. The molecule has 1 aromatic rings. The third-order valence-electron chi connectivity index (χ3n) is 1.30. The van der Waals surface area contributed by atoms with Crippen LogP contribution in [0.5, 0.6) is 0 Å². The van der Waals surface area contributed by atoms with E-state index in [4.69, 9.17) is 5.73 Å². The molecule has 1 aliphatic carbocycles. The quantitative estimate of drug-likeness (QED) is 0.568. The minimum absolute atomic E-state index is 0.0532. The highest BCUT2D eigenvalue weighted by atomic mass is 16.1. The molecule has 3 N–H and O–H groups in total. The summed E-state index contributed by atoms with van der Waals surface area (Å²) in [5.74, 6) is 0. The number of pyridine rings is 1. The lowest BCUT2D eigenvalue weighted by Crippen LogP contribution is -1.98. The van der Waals surface area contributed by atoms with E-state index in [1.54, 1.807) is 18.3 Å². The van der Waals surface area contributed by atoms with Crippen LogP contribution in [0.3, 0.4) is 0 Å². The zero-order valence-electron chi connectivity index (χ0n) is 6.29. The molecule has 0 aromatic carbocycles. The first-order chi connectivity index (χ1) is 5.29. The van der Waals surface area contributed by atoms with Gasteiger partial charge in [-0.3, -0.25) is 4.79 Å². The topological polar surface area (TPSA) is 58.9 Å². The van der Waals surface area contributed by atoms with Crippen LogP contribution in [-0.2, 0) is 0 Å². The van der Waals surface area contributed by atoms with Gasteiger partial charge in [-0.05, 0) is 18.9 Å². The molecule has 0 spiro atoms. The largest absolute Gasteiger partial charge is 0.329 e. The fourth-order valence-corrected chi connectivity index (χ4v) is 0.473. The van der Waals surface area contributed by atoms with Crippen LogP contribution < -0.4 is 11.3 Å². The van der Waals surface area contributed by atoms with Crippen LogP contribution in [0.4, 0.5) is 0 Å². The Morgan fingerprint density at radius 1 is 1.45 bits per heavy atom. The lowest BCUT2D eigenvalue weighted by Gasteiger charge is -1.73. The third-order valence-corrected chi connectivity index (χ3v) is 1.30. The molecular formula is C8H12N2O. The Hall–Kier alpha value is -1.09. The average molecular weight is 152 g/mol. The minimum atomic E-state index is -0.0532. The van der Waals surface area contributed by atoms with Crippen LogP contribution in [0, 0.1) is 0 Å². The highest BCUT2D eigenvalue weighted by molar-refractivity contribution is 4.89.